The number of esters is 1. The van der Waals surface area contributed by atoms with Crippen molar-refractivity contribution >= 4 is 29.4 Å². The van der Waals surface area contributed by atoms with E-state index in [0.29, 0.717) is 18.5 Å². The van der Waals surface area contributed by atoms with Gasteiger partial charge in [-0.1, -0.05) is 24.1 Å². The van der Waals surface area contributed by atoms with E-state index >= 15 is 0 Å². The van der Waals surface area contributed by atoms with Crippen molar-refractivity contribution < 1.29 is 23.9 Å². The van der Waals surface area contributed by atoms with Crippen LogP contribution in [0.5, 0.6) is 0 Å². The van der Waals surface area contributed by atoms with E-state index in [9.17, 15) is 19.2 Å². The molecule has 2 aliphatic rings. The normalized spacial score (nSPS) is 23.6. The van der Waals surface area contributed by atoms with Crippen molar-refractivity contribution in [2.45, 2.75) is 46.0 Å². The quantitative estimate of drug-likeness (QED) is 0.775. The van der Waals surface area contributed by atoms with Crippen molar-refractivity contribution in [3.05, 3.63) is 29.3 Å². The number of fused-ring (bicyclic) bond motifs is 2. The number of hydrogen-bond acceptors (Lipinski definition) is 5. The predicted octanol–water partition coefficient (Wildman–Crippen LogP) is 2.89. The molecule has 2 N–H and O–H groups in total. The minimum Gasteiger partial charge on any atom is -0.455 e. The molecule has 0 spiro atoms. The van der Waals surface area contributed by atoms with Gasteiger partial charge in [-0.3, -0.25) is 19.7 Å². The second-order valence-corrected chi connectivity index (χ2v) is 7.82. The summed E-state index contributed by atoms with van der Waals surface area (Å²) in [5.74, 6) is -1.33. The Morgan fingerprint density at radius 3 is 2.43 bits per heavy atom. The van der Waals surface area contributed by atoms with Gasteiger partial charge in [0.1, 0.15) is 5.78 Å². The van der Waals surface area contributed by atoms with Gasteiger partial charge in [-0.05, 0) is 51.2 Å². The summed E-state index contributed by atoms with van der Waals surface area (Å²) in [5.41, 5.74) is 2.55. The zero-order chi connectivity index (χ0) is 20.3. The molecule has 0 aliphatic heterocycles. The molecular formula is C21H26N2O5. The molecule has 0 aromatic heterocycles. The van der Waals surface area contributed by atoms with E-state index in [0.717, 1.165) is 30.4 Å². The summed E-state index contributed by atoms with van der Waals surface area (Å²) >= 11 is 0. The molecule has 150 valence electrons. The first-order chi connectivity index (χ1) is 13.3. The third-order valence-corrected chi connectivity index (χ3v) is 5.61. The number of carbonyl (C=O) groups is 4. The molecule has 2 aliphatic carbocycles. The molecule has 2 bridgehead atoms. The highest BCUT2D eigenvalue weighted by atomic mass is 16.5. The summed E-state index contributed by atoms with van der Waals surface area (Å²) < 4.78 is 5.09. The monoisotopic (exact) mass is 386 g/mol. The number of urea groups is 1. The second-order valence-electron chi connectivity index (χ2n) is 7.82. The van der Waals surface area contributed by atoms with Crippen molar-refractivity contribution in [1.82, 2.24) is 5.32 Å². The van der Waals surface area contributed by atoms with Gasteiger partial charge in [-0.15, -0.1) is 0 Å². The van der Waals surface area contributed by atoms with E-state index in [4.69, 9.17) is 4.74 Å². The lowest BCUT2D eigenvalue weighted by Crippen LogP contribution is -2.41. The van der Waals surface area contributed by atoms with Gasteiger partial charge >= 0.3 is 12.0 Å². The molecular weight excluding hydrogens is 360 g/mol. The van der Waals surface area contributed by atoms with E-state index in [1.54, 1.807) is 6.07 Å². The van der Waals surface area contributed by atoms with Gasteiger partial charge in [0.15, 0.2) is 6.61 Å². The fourth-order valence-corrected chi connectivity index (χ4v) is 4.20. The SMILES string of the molecule is Cc1ccc(NC(=O)NC(=O)COC(=O)C2C[C@H]3CCC[C@H](C2)C3=O)c(C)c1. The highest BCUT2D eigenvalue weighted by Crippen LogP contribution is 2.40. The zero-order valence-corrected chi connectivity index (χ0v) is 16.2. The first-order valence-electron chi connectivity index (χ1n) is 9.72. The van der Waals surface area contributed by atoms with Gasteiger partial charge in [0.05, 0.1) is 5.92 Å². The largest absolute Gasteiger partial charge is 0.455 e. The predicted molar refractivity (Wildman–Crippen MR) is 103 cm³/mol. The number of anilines is 1. The lowest BCUT2D eigenvalue weighted by atomic mass is 9.67. The Bertz CT molecular complexity index is 788. The molecule has 0 saturated heterocycles. The maximum absolute atomic E-state index is 12.3. The van der Waals surface area contributed by atoms with Crippen LogP contribution in [0, 0.1) is 31.6 Å². The molecule has 1 aromatic rings. The Balaban J connectivity index is 1.44. The number of nitrogens with one attached hydrogen (secondary N) is 2. The number of hydrogen-bond donors (Lipinski definition) is 2. The van der Waals surface area contributed by atoms with Crippen LogP contribution in [0.1, 0.15) is 43.2 Å². The average Bonchev–Trinajstić information content (AvgIpc) is 2.62. The van der Waals surface area contributed by atoms with Crippen LogP contribution in [0.2, 0.25) is 0 Å². The number of amides is 3. The van der Waals surface area contributed by atoms with E-state index in [1.807, 2.05) is 26.0 Å². The smallest absolute Gasteiger partial charge is 0.325 e. The fourth-order valence-electron chi connectivity index (χ4n) is 4.20. The van der Waals surface area contributed by atoms with E-state index in [2.05, 4.69) is 10.6 Å². The molecule has 0 radical (unpaired) electrons. The van der Waals surface area contributed by atoms with E-state index in [-0.39, 0.29) is 23.5 Å². The molecule has 28 heavy (non-hydrogen) atoms. The minimum atomic E-state index is -0.692. The summed E-state index contributed by atoms with van der Waals surface area (Å²) in [6.45, 7) is 3.29. The lowest BCUT2D eigenvalue weighted by molar-refractivity contribution is -0.156. The van der Waals surface area contributed by atoms with Crippen molar-refractivity contribution in [1.29, 1.82) is 0 Å². The molecule has 7 nitrogen and oxygen atoms in total. The van der Waals surface area contributed by atoms with Crippen LogP contribution in [0.4, 0.5) is 10.5 Å². The maximum atomic E-state index is 12.3. The minimum absolute atomic E-state index is 0.0533. The van der Waals surface area contributed by atoms with Gasteiger partial charge in [0, 0.05) is 17.5 Å². The van der Waals surface area contributed by atoms with Crippen LogP contribution >= 0.6 is 0 Å². The highest BCUT2D eigenvalue weighted by Gasteiger charge is 2.41. The number of benzene rings is 1. The van der Waals surface area contributed by atoms with Gasteiger partial charge < -0.3 is 10.1 Å². The second kappa shape index (κ2) is 8.54. The molecule has 2 atom stereocenters. The number of carbonyl (C=O) groups excluding carboxylic acids is 4. The van der Waals surface area contributed by atoms with Gasteiger partial charge in [0.25, 0.3) is 5.91 Å². The maximum Gasteiger partial charge on any atom is 0.325 e. The van der Waals surface area contributed by atoms with Crippen LogP contribution in [-0.2, 0) is 19.1 Å². The van der Waals surface area contributed by atoms with Crippen LogP contribution in [0.15, 0.2) is 18.2 Å². The Morgan fingerprint density at radius 1 is 1.11 bits per heavy atom. The molecule has 2 fully saturated rings. The summed E-state index contributed by atoms with van der Waals surface area (Å²) in [4.78, 5) is 48.2. The lowest BCUT2D eigenvalue weighted by Gasteiger charge is -2.36. The fraction of sp³-hybridized carbons (Fsp3) is 0.524. The van der Waals surface area contributed by atoms with Gasteiger partial charge in [-0.25, -0.2) is 4.79 Å². The van der Waals surface area contributed by atoms with Gasteiger partial charge in [-0.2, -0.15) is 0 Å². The van der Waals surface area contributed by atoms with Crippen LogP contribution in [-0.4, -0.2) is 30.3 Å². The molecule has 2 saturated carbocycles. The number of aryl methyl sites for hydroxylation is 2. The number of ether oxygens (including phenoxy) is 1. The van der Waals surface area contributed by atoms with Crippen molar-refractivity contribution in [3.8, 4) is 0 Å². The van der Waals surface area contributed by atoms with Crippen molar-refractivity contribution in [3.63, 3.8) is 0 Å². The van der Waals surface area contributed by atoms with Crippen LogP contribution < -0.4 is 10.6 Å². The summed E-state index contributed by atoms with van der Waals surface area (Å²) in [7, 11) is 0. The van der Waals surface area contributed by atoms with Crippen molar-refractivity contribution in [2.24, 2.45) is 17.8 Å². The molecule has 1 aromatic carbocycles. The first-order valence-corrected chi connectivity index (χ1v) is 9.72. The number of Topliss-reactive ketones (excluding diaryl/α,β-unsaturated/α-hetero) is 1. The standard InChI is InChI=1S/C21H26N2O5/c1-12-6-7-17(13(2)8-12)22-21(27)23-18(24)11-28-20(26)16-9-14-4-3-5-15(10-16)19(14)25/h6-8,14-16H,3-5,9-11H2,1-2H3,(H2,22,23,24,27)/t14-,15-/m1/s1. The summed E-state index contributed by atoms with van der Waals surface area (Å²) in [6.07, 6.45) is 3.70. The van der Waals surface area contributed by atoms with Crippen LogP contribution in [0.25, 0.3) is 0 Å². The van der Waals surface area contributed by atoms with E-state index < -0.39 is 24.5 Å². The molecule has 3 amide bonds. The Morgan fingerprint density at radius 2 is 1.79 bits per heavy atom. The number of imide groups is 1. The molecule has 7 heteroatoms. The first kappa shape index (κ1) is 20.0. The Labute approximate surface area is 164 Å². The van der Waals surface area contributed by atoms with Crippen LogP contribution in [0.3, 0.4) is 0 Å². The molecule has 0 heterocycles. The number of ketones is 1. The topological polar surface area (TPSA) is 102 Å². The molecule has 3 rings (SSSR count). The van der Waals surface area contributed by atoms with E-state index in [1.165, 1.54) is 0 Å². The number of rotatable bonds is 4. The van der Waals surface area contributed by atoms with Crippen molar-refractivity contribution in [2.75, 3.05) is 11.9 Å². The highest BCUT2D eigenvalue weighted by molar-refractivity contribution is 6.02. The third-order valence-electron chi connectivity index (χ3n) is 5.61. The van der Waals surface area contributed by atoms with Gasteiger partial charge in [0.2, 0.25) is 0 Å². The summed E-state index contributed by atoms with van der Waals surface area (Å²) in [6, 6.07) is 4.86. The summed E-state index contributed by atoms with van der Waals surface area (Å²) in [5, 5.41) is 4.76. The molecule has 0 unspecified atom stereocenters. The third kappa shape index (κ3) is 4.77. The average molecular weight is 386 g/mol. The zero-order valence-electron chi connectivity index (χ0n) is 16.2. The Hall–Kier alpha value is -2.70. The Kier molecular flexibility index (Phi) is 6.11.